The van der Waals surface area contributed by atoms with Gasteiger partial charge in [0.15, 0.2) is 0 Å². The lowest BCUT2D eigenvalue weighted by Gasteiger charge is -2.34. The Morgan fingerprint density at radius 1 is 0.889 bits per heavy atom. The number of aromatic amines is 1. The number of aryl methyl sites for hydroxylation is 1. The Labute approximate surface area is 268 Å². The zero-order chi connectivity index (χ0) is 31.7. The van der Waals surface area contributed by atoms with E-state index in [1.165, 1.54) is 0 Å². The molecule has 0 aliphatic rings. The number of aromatic nitrogens is 2. The van der Waals surface area contributed by atoms with Gasteiger partial charge in [-0.3, -0.25) is 0 Å². The number of halogens is 1. The van der Waals surface area contributed by atoms with Crippen molar-refractivity contribution in [1.82, 2.24) is 14.7 Å². The fraction of sp³-hybridized carbons (Fsp3) is 0.200. The van der Waals surface area contributed by atoms with Crippen molar-refractivity contribution in [2.24, 2.45) is 0 Å². The van der Waals surface area contributed by atoms with Crippen LogP contribution in [0, 0.1) is 0 Å². The summed E-state index contributed by atoms with van der Waals surface area (Å²) in [6.07, 6.45) is 0.435. The van der Waals surface area contributed by atoms with Crippen LogP contribution in [-0.4, -0.2) is 41.5 Å². The van der Waals surface area contributed by atoms with Crippen LogP contribution in [0.5, 0.6) is 0 Å². The molecule has 5 rings (SSSR count). The third-order valence-electron chi connectivity index (χ3n) is 7.62. The maximum absolute atomic E-state index is 12.8. The predicted octanol–water partition coefficient (Wildman–Crippen LogP) is 6.95. The minimum absolute atomic E-state index is 0.0325. The molecule has 1 unspecified atom stereocenters. The Hall–Kier alpha value is -4.44. The van der Waals surface area contributed by atoms with Crippen LogP contribution >= 0.6 is 11.6 Å². The Balaban J connectivity index is 1.34. The van der Waals surface area contributed by atoms with E-state index >= 15 is 0 Å². The monoisotopic (exact) mass is 643 g/mol. The van der Waals surface area contributed by atoms with Crippen molar-refractivity contribution in [3.8, 4) is 0 Å². The second kappa shape index (κ2) is 14.6. The first-order valence-corrected chi connectivity index (χ1v) is 16.6. The number of hydrogen-bond donors (Lipinski definition) is 3. The van der Waals surface area contributed by atoms with Crippen LogP contribution in [0.2, 0.25) is 5.02 Å². The van der Waals surface area contributed by atoms with E-state index in [0.29, 0.717) is 23.4 Å². The molecule has 0 radical (unpaired) electrons. The summed E-state index contributed by atoms with van der Waals surface area (Å²) < 4.78 is 33.1. The molecule has 0 aliphatic carbocycles. The molecule has 8 nitrogen and oxygen atoms in total. The van der Waals surface area contributed by atoms with Gasteiger partial charge in [-0.05, 0) is 53.6 Å². The molecule has 3 N–H and O–H groups in total. The fourth-order valence-corrected chi connectivity index (χ4v) is 7.07. The largest absolute Gasteiger partial charge is 0.506 e. The number of nitrogens with zero attached hydrogens (tertiary/aromatic N) is 1. The number of ether oxygens (including phenoxy) is 1. The molecule has 5 aromatic rings. The standard InChI is InChI=1S/C35H34ClN3O5S/c36-30-19-10-12-26(22-30)23-38-45(42,43)25-32(44-34(40)41)21-11-20-31-24-37-33(39-31)35(27-13-4-1-5-14-27,28-15-6-2-7-16-28)29-17-8-3-9-18-29/h1-10,12-19,22,24,32,38H,11,20-21,23,25H2,(H,37,39)(H,40,41). The summed E-state index contributed by atoms with van der Waals surface area (Å²) in [5.74, 6) is 0.248. The fourth-order valence-electron chi connectivity index (χ4n) is 5.63. The molecule has 232 valence electrons. The lowest BCUT2D eigenvalue weighted by Crippen LogP contribution is -2.34. The number of nitrogens with one attached hydrogen (secondary N) is 2. The minimum atomic E-state index is -3.84. The molecular formula is C35H34ClN3O5S. The van der Waals surface area contributed by atoms with Gasteiger partial charge >= 0.3 is 6.16 Å². The van der Waals surface area contributed by atoms with Crippen molar-refractivity contribution in [2.45, 2.75) is 37.3 Å². The quantitative estimate of drug-likeness (QED) is 0.0889. The highest BCUT2D eigenvalue weighted by atomic mass is 35.5. The van der Waals surface area contributed by atoms with E-state index in [-0.39, 0.29) is 13.0 Å². The predicted molar refractivity (Wildman–Crippen MR) is 175 cm³/mol. The molecule has 1 atom stereocenters. The highest BCUT2D eigenvalue weighted by Gasteiger charge is 2.41. The summed E-state index contributed by atoms with van der Waals surface area (Å²) in [5.41, 5.74) is 3.89. The second-order valence-electron chi connectivity index (χ2n) is 10.7. The van der Waals surface area contributed by atoms with Crippen LogP contribution in [0.1, 0.15) is 46.6 Å². The summed E-state index contributed by atoms with van der Waals surface area (Å²) in [7, 11) is -3.84. The van der Waals surface area contributed by atoms with E-state index < -0.39 is 33.5 Å². The second-order valence-corrected chi connectivity index (χ2v) is 13.0. The summed E-state index contributed by atoms with van der Waals surface area (Å²) >= 11 is 5.99. The van der Waals surface area contributed by atoms with Gasteiger partial charge in [0.05, 0.1) is 5.69 Å². The van der Waals surface area contributed by atoms with Gasteiger partial charge in [0.2, 0.25) is 10.0 Å². The average molecular weight is 644 g/mol. The normalized spacial score (nSPS) is 12.5. The first-order chi connectivity index (χ1) is 21.8. The molecule has 1 heterocycles. The van der Waals surface area contributed by atoms with Gasteiger partial charge in [-0.1, -0.05) is 115 Å². The summed E-state index contributed by atoms with van der Waals surface area (Å²) in [5, 5.41) is 9.78. The number of sulfonamides is 1. The Morgan fingerprint density at radius 2 is 1.47 bits per heavy atom. The number of carbonyl (C=O) groups is 1. The van der Waals surface area contributed by atoms with Crippen LogP contribution < -0.4 is 4.72 Å². The van der Waals surface area contributed by atoms with E-state index in [0.717, 1.165) is 28.2 Å². The Kier molecular flexibility index (Phi) is 10.3. The SMILES string of the molecule is O=C(O)OC(CCCc1c[nH]c(C(c2ccccc2)(c2ccccc2)c2ccccc2)n1)CS(=O)(=O)NCc1cccc(Cl)c1. The zero-order valence-electron chi connectivity index (χ0n) is 24.5. The highest BCUT2D eigenvalue weighted by Crippen LogP contribution is 2.43. The van der Waals surface area contributed by atoms with Crippen LogP contribution in [0.25, 0.3) is 0 Å². The molecule has 45 heavy (non-hydrogen) atoms. The molecule has 0 saturated carbocycles. The number of benzene rings is 4. The van der Waals surface area contributed by atoms with Crippen LogP contribution in [0.4, 0.5) is 4.79 Å². The molecule has 0 saturated heterocycles. The maximum Gasteiger partial charge on any atom is 0.506 e. The molecule has 0 fully saturated rings. The first kappa shape index (κ1) is 32.0. The third kappa shape index (κ3) is 7.99. The van der Waals surface area contributed by atoms with E-state index in [9.17, 15) is 18.3 Å². The summed E-state index contributed by atoms with van der Waals surface area (Å²) in [6.45, 7) is 0.0325. The van der Waals surface area contributed by atoms with E-state index in [4.69, 9.17) is 21.3 Å². The lowest BCUT2D eigenvalue weighted by molar-refractivity contribution is 0.0562. The third-order valence-corrected chi connectivity index (χ3v) is 9.25. The molecule has 1 aromatic heterocycles. The van der Waals surface area contributed by atoms with Crippen molar-refractivity contribution in [2.75, 3.05) is 5.75 Å². The maximum atomic E-state index is 12.8. The number of H-pyrrole nitrogens is 1. The number of rotatable bonds is 14. The van der Waals surface area contributed by atoms with Gasteiger partial charge in [-0.25, -0.2) is 22.9 Å². The molecule has 0 aliphatic heterocycles. The lowest BCUT2D eigenvalue weighted by atomic mass is 9.69. The molecule has 0 bridgehead atoms. The van der Waals surface area contributed by atoms with E-state index in [1.807, 2.05) is 60.8 Å². The van der Waals surface area contributed by atoms with Crippen molar-refractivity contribution < 1.29 is 23.1 Å². The van der Waals surface area contributed by atoms with Gasteiger partial charge in [-0.15, -0.1) is 0 Å². The van der Waals surface area contributed by atoms with E-state index in [2.05, 4.69) is 46.1 Å². The van der Waals surface area contributed by atoms with Gasteiger partial charge in [0.1, 0.15) is 23.1 Å². The average Bonchev–Trinajstić information content (AvgIpc) is 3.51. The minimum Gasteiger partial charge on any atom is -0.450 e. The first-order valence-electron chi connectivity index (χ1n) is 14.6. The number of carboxylic acid groups (broad SMARTS) is 1. The van der Waals surface area contributed by atoms with Crippen LogP contribution in [-0.2, 0) is 33.1 Å². The van der Waals surface area contributed by atoms with Gasteiger partial charge in [0, 0.05) is 17.8 Å². The van der Waals surface area contributed by atoms with Gasteiger partial charge in [-0.2, -0.15) is 0 Å². The van der Waals surface area contributed by atoms with Crippen LogP contribution in [0.15, 0.2) is 121 Å². The smallest absolute Gasteiger partial charge is 0.450 e. The topological polar surface area (TPSA) is 121 Å². The number of imidazole rings is 1. The van der Waals surface area contributed by atoms with Crippen molar-refractivity contribution >= 4 is 27.8 Å². The molecule has 10 heteroatoms. The summed E-state index contributed by atoms with van der Waals surface area (Å²) in [4.78, 5) is 19.9. The zero-order valence-corrected chi connectivity index (χ0v) is 26.0. The van der Waals surface area contributed by atoms with Gasteiger partial charge in [0.25, 0.3) is 0 Å². The Bertz CT molecular complexity index is 1700. The molecule has 0 amide bonds. The van der Waals surface area contributed by atoms with Crippen molar-refractivity contribution in [3.05, 3.63) is 160 Å². The highest BCUT2D eigenvalue weighted by molar-refractivity contribution is 7.89. The molecular weight excluding hydrogens is 610 g/mol. The van der Waals surface area contributed by atoms with E-state index in [1.54, 1.807) is 24.3 Å². The molecule has 4 aromatic carbocycles. The van der Waals surface area contributed by atoms with Crippen molar-refractivity contribution in [3.63, 3.8) is 0 Å². The Morgan fingerprint density at radius 3 is 2.00 bits per heavy atom. The van der Waals surface area contributed by atoms with Crippen molar-refractivity contribution in [1.29, 1.82) is 0 Å². The number of hydrogen-bond acceptors (Lipinski definition) is 5. The van der Waals surface area contributed by atoms with Gasteiger partial charge < -0.3 is 14.8 Å². The van der Waals surface area contributed by atoms with Crippen LogP contribution in [0.3, 0.4) is 0 Å². The summed E-state index contributed by atoms with van der Waals surface area (Å²) in [6, 6.07) is 37.4. The molecule has 0 spiro atoms.